The van der Waals surface area contributed by atoms with Crippen molar-refractivity contribution in [2.24, 2.45) is 5.41 Å². The van der Waals surface area contributed by atoms with E-state index in [2.05, 4.69) is 15.6 Å². The van der Waals surface area contributed by atoms with E-state index < -0.39 is 17.2 Å². The Hall–Kier alpha value is -3.09. The molecule has 0 unspecified atom stereocenters. The Morgan fingerprint density at radius 3 is 2.46 bits per heavy atom. The number of rotatable bonds is 7. The molecule has 0 saturated heterocycles. The zero-order valence-electron chi connectivity index (χ0n) is 15.3. The summed E-state index contributed by atoms with van der Waals surface area (Å²) >= 11 is 0. The van der Waals surface area contributed by atoms with Crippen molar-refractivity contribution in [3.8, 4) is 11.5 Å². The van der Waals surface area contributed by atoms with Gasteiger partial charge in [0.25, 0.3) is 0 Å². The topological polar surface area (TPSA) is 89.5 Å². The second-order valence-corrected chi connectivity index (χ2v) is 6.15. The van der Waals surface area contributed by atoms with Crippen LogP contribution in [0.2, 0.25) is 0 Å². The molecule has 2 aromatic rings. The van der Waals surface area contributed by atoms with Gasteiger partial charge in [-0.25, -0.2) is 0 Å². The minimum absolute atomic E-state index is 0.252. The number of nitrogens with one attached hydrogen (secondary N) is 2. The van der Waals surface area contributed by atoms with Crippen LogP contribution >= 0.6 is 0 Å². The molecule has 0 aliphatic heterocycles. The molecule has 26 heavy (non-hydrogen) atoms. The highest BCUT2D eigenvalue weighted by molar-refractivity contribution is 6.10. The molecule has 2 N–H and O–H groups in total. The zero-order chi connectivity index (χ0) is 19.2. The smallest absolute Gasteiger partial charge is 0.239 e. The molecular formula is C19H23N3O4. The largest absolute Gasteiger partial charge is 0.497 e. The Morgan fingerprint density at radius 2 is 1.85 bits per heavy atom. The first-order chi connectivity index (χ1) is 12.4. The number of hydrogen-bond donors (Lipinski definition) is 2. The number of carbonyl (C=O) groups is 2. The molecule has 138 valence electrons. The van der Waals surface area contributed by atoms with Gasteiger partial charge in [-0.2, -0.15) is 0 Å². The van der Waals surface area contributed by atoms with Gasteiger partial charge in [0.15, 0.2) is 0 Å². The first kappa shape index (κ1) is 19.2. The maximum atomic E-state index is 12.6. The van der Waals surface area contributed by atoms with Crippen LogP contribution in [0, 0.1) is 5.41 Å². The van der Waals surface area contributed by atoms with Gasteiger partial charge in [-0.05, 0) is 38.1 Å². The van der Waals surface area contributed by atoms with Gasteiger partial charge in [0.05, 0.1) is 32.1 Å². The summed E-state index contributed by atoms with van der Waals surface area (Å²) < 4.78 is 10.4. The molecule has 1 heterocycles. The zero-order valence-corrected chi connectivity index (χ0v) is 15.3. The molecule has 0 aliphatic carbocycles. The summed E-state index contributed by atoms with van der Waals surface area (Å²) in [5.74, 6) is 0.210. The lowest BCUT2D eigenvalue weighted by Crippen LogP contribution is -2.45. The van der Waals surface area contributed by atoms with E-state index in [9.17, 15) is 9.59 Å². The molecule has 1 aromatic carbocycles. The van der Waals surface area contributed by atoms with Gasteiger partial charge in [-0.3, -0.25) is 14.6 Å². The van der Waals surface area contributed by atoms with E-state index in [4.69, 9.17) is 9.47 Å². The number of benzene rings is 1. The Morgan fingerprint density at radius 1 is 1.08 bits per heavy atom. The van der Waals surface area contributed by atoms with Crippen LogP contribution < -0.4 is 20.1 Å². The van der Waals surface area contributed by atoms with Crippen LogP contribution in [-0.4, -0.2) is 31.0 Å². The van der Waals surface area contributed by atoms with E-state index in [1.165, 1.54) is 7.11 Å². The highest BCUT2D eigenvalue weighted by atomic mass is 16.5. The third kappa shape index (κ3) is 4.50. The number of carbonyl (C=O) groups excluding carboxylic acids is 2. The molecule has 2 amide bonds. The van der Waals surface area contributed by atoms with Crippen LogP contribution in [0.1, 0.15) is 19.5 Å². The molecule has 1 aromatic heterocycles. The van der Waals surface area contributed by atoms with Crippen LogP contribution in [0.5, 0.6) is 11.5 Å². The molecule has 0 radical (unpaired) electrons. The van der Waals surface area contributed by atoms with Crippen molar-refractivity contribution in [3.05, 3.63) is 48.3 Å². The number of nitrogens with zero attached hydrogens (tertiary/aromatic N) is 1. The fourth-order valence-corrected chi connectivity index (χ4v) is 2.18. The molecule has 7 nitrogen and oxygen atoms in total. The van der Waals surface area contributed by atoms with Gasteiger partial charge in [0.2, 0.25) is 11.8 Å². The van der Waals surface area contributed by atoms with E-state index in [1.807, 2.05) is 6.07 Å². The van der Waals surface area contributed by atoms with Gasteiger partial charge in [-0.1, -0.05) is 6.07 Å². The van der Waals surface area contributed by atoms with E-state index >= 15 is 0 Å². The van der Waals surface area contributed by atoms with Crippen molar-refractivity contribution < 1.29 is 19.1 Å². The Bertz CT molecular complexity index is 776. The lowest BCUT2D eigenvalue weighted by Gasteiger charge is -2.23. The van der Waals surface area contributed by atoms with Gasteiger partial charge < -0.3 is 20.1 Å². The highest BCUT2D eigenvalue weighted by Crippen LogP contribution is 2.30. The van der Waals surface area contributed by atoms with Crippen LogP contribution in [0.3, 0.4) is 0 Å². The maximum Gasteiger partial charge on any atom is 0.239 e. The van der Waals surface area contributed by atoms with Gasteiger partial charge in [-0.15, -0.1) is 0 Å². The first-order valence-corrected chi connectivity index (χ1v) is 8.10. The summed E-state index contributed by atoms with van der Waals surface area (Å²) in [6, 6.07) is 10.5. The number of pyridine rings is 1. The summed E-state index contributed by atoms with van der Waals surface area (Å²) in [5, 5.41) is 5.48. The number of aromatic nitrogens is 1. The maximum absolute atomic E-state index is 12.6. The molecule has 0 bridgehead atoms. The highest BCUT2D eigenvalue weighted by Gasteiger charge is 2.36. The predicted octanol–water partition coefficient (Wildman–Crippen LogP) is 2.38. The first-order valence-electron chi connectivity index (χ1n) is 8.10. The molecule has 0 fully saturated rings. The third-order valence-electron chi connectivity index (χ3n) is 3.95. The number of anilines is 1. The van der Waals surface area contributed by atoms with E-state index in [1.54, 1.807) is 57.5 Å². The SMILES string of the molecule is COc1ccc(NC(=O)C(C)(C)C(=O)NCc2ccccn2)c(OC)c1. The predicted molar refractivity (Wildman–Crippen MR) is 98.0 cm³/mol. The minimum Gasteiger partial charge on any atom is -0.497 e. The standard InChI is InChI=1S/C19H23N3O4/c1-19(2,17(23)21-12-13-7-5-6-10-20-13)18(24)22-15-9-8-14(25-3)11-16(15)26-4/h5-11H,12H2,1-4H3,(H,21,23)(H,22,24). The van der Waals surface area contributed by atoms with Gasteiger partial charge >= 0.3 is 0 Å². The summed E-state index contributed by atoms with van der Waals surface area (Å²) in [6.45, 7) is 3.38. The van der Waals surface area contributed by atoms with E-state index in [0.29, 0.717) is 22.9 Å². The van der Waals surface area contributed by atoms with Crippen LogP contribution in [0.25, 0.3) is 0 Å². The second kappa shape index (κ2) is 8.33. The minimum atomic E-state index is -1.28. The molecular weight excluding hydrogens is 334 g/mol. The quantitative estimate of drug-likeness (QED) is 0.743. The van der Waals surface area contributed by atoms with E-state index in [0.717, 1.165) is 0 Å². The van der Waals surface area contributed by atoms with E-state index in [-0.39, 0.29) is 6.54 Å². The number of methoxy groups -OCH3 is 2. The van der Waals surface area contributed by atoms with Crippen LogP contribution in [-0.2, 0) is 16.1 Å². The van der Waals surface area contributed by atoms with Crippen LogP contribution in [0.4, 0.5) is 5.69 Å². The van der Waals surface area contributed by atoms with Crippen molar-refractivity contribution in [1.29, 1.82) is 0 Å². The number of amides is 2. The van der Waals surface area contributed by atoms with Crippen molar-refractivity contribution in [2.45, 2.75) is 20.4 Å². The summed E-state index contributed by atoms with van der Waals surface area (Å²) in [5.41, 5.74) is -0.0996. The fourth-order valence-electron chi connectivity index (χ4n) is 2.18. The summed E-state index contributed by atoms with van der Waals surface area (Å²) in [7, 11) is 3.04. The fraction of sp³-hybridized carbons (Fsp3) is 0.316. The van der Waals surface area contributed by atoms with Gasteiger partial charge in [0, 0.05) is 12.3 Å². The third-order valence-corrected chi connectivity index (χ3v) is 3.95. The lowest BCUT2D eigenvalue weighted by atomic mass is 9.91. The van der Waals surface area contributed by atoms with Crippen molar-refractivity contribution >= 4 is 17.5 Å². The molecule has 2 rings (SSSR count). The Balaban J connectivity index is 2.06. The van der Waals surface area contributed by atoms with Crippen LogP contribution in [0.15, 0.2) is 42.6 Å². The summed E-state index contributed by atoms with van der Waals surface area (Å²) in [6.07, 6.45) is 1.65. The molecule has 0 saturated carbocycles. The number of hydrogen-bond acceptors (Lipinski definition) is 5. The monoisotopic (exact) mass is 357 g/mol. The molecule has 0 spiro atoms. The lowest BCUT2D eigenvalue weighted by molar-refractivity contribution is -0.138. The second-order valence-electron chi connectivity index (χ2n) is 6.15. The molecule has 7 heteroatoms. The average Bonchev–Trinajstić information content (AvgIpc) is 2.66. The molecule has 0 aliphatic rings. The van der Waals surface area contributed by atoms with Crippen molar-refractivity contribution in [2.75, 3.05) is 19.5 Å². The Labute approximate surface area is 152 Å². The average molecular weight is 357 g/mol. The normalized spacial score (nSPS) is 10.8. The number of ether oxygens (including phenoxy) is 2. The van der Waals surface area contributed by atoms with Gasteiger partial charge in [0.1, 0.15) is 16.9 Å². The molecule has 0 atom stereocenters. The Kier molecular flexibility index (Phi) is 6.16. The van der Waals surface area contributed by atoms with Crippen molar-refractivity contribution in [3.63, 3.8) is 0 Å². The van der Waals surface area contributed by atoms with Crippen molar-refractivity contribution in [1.82, 2.24) is 10.3 Å². The summed E-state index contributed by atoms with van der Waals surface area (Å²) in [4.78, 5) is 29.2.